The first-order chi connectivity index (χ1) is 8.52. The molecule has 2 nitrogen and oxygen atoms in total. The maximum absolute atomic E-state index is 3.23. The van der Waals surface area contributed by atoms with E-state index in [9.17, 15) is 0 Å². The maximum atomic E-state index is 3.23. The summed E-state index contributed by atoms with van der Waals surface area (Å²) >= 11 is 0. The molecule has 2 rings (SSSR count). The zero-order valence-corrected chi connectivity index (χ0v) is 12.0. The molecule has 0 aliphatic carbocycles. The molecule has 0 amide bonds. The SMILES string of the molecule is CNCc1cc(C)n(-c2cc(C)cc(C)c2)c1C. The molecule has 0 radical (unpaired) electrons. The fraction of sp³-hybridized carbons (Fsp3) is 0.375. The minimum absolute atomic E-state index is 0.921. The molecule has 1 N–H and O–H groups in total. The van der Waals surface area contributed by atoms with E-state index in [2.05, 4.69) is 61.8 Å². The lowest BCUT2D eigenvalue weighted by atomic mass is 10.1. The number of benzene rings is 1. The second-order valence-electron chi connectivity index (χ2n) is 5.11. The Balaban J connectivity index is 2.56. The van der Waals surface area contributed by atoms with Crippen LogP contribution in [0, 0.1) is 27.7 Å². The molecule has 1 aromatic heterocycles. The summed E-state index contributed by atoms with van der Waals surface area (Å²) in [6.07, 6.45) is 0. The summed E-state index contributed by atoms with van der Waals surface area (Å²) in [5.74, 6) is 0. The maximum Gasteiger partial charge on any atom is 0.0460 e. The van der Waals surface area contributed by atoms with E-state index < -0.39 is 0 Å². The lowest BCUT2D eigenvalue weighted by molar-refractivity contribution is 0.806. The molecule has 0 bridgehead atoms. The van der Waals surface area contributed by atoms with Crippen LogP contribution in [0.2, 0.25) is 0 Å². The van der Waals surface area contributed by atoms with Gasteiger partial charge in [-0.1, -0.05) is 6.07 Å². The number of hydrogen-bond donors (Lipinski definition) is 1. The largest absolute Gasteiger partial charge is 0.318 e. The highest BCUT2D eigenvalue weighted by molar-refractivity contribution is 5.45. The molecule has 2 heteroatoms. The topological polar surface area (TPSA) is 17.0 Å². The predicted molar refractivity (Wildman–Crippen MR) is 77.5 cm³/mol. The first-order valence-corrected chi connectivity index (χ1v) is 6.44. The van der Waals surface area contributed by atoms with E-state index >= 15 is 0 Å². The highest BCUT2D eigenvalue weighted by Gasteiger charge is 2.10. The van der Waals surface area contributed by atoms with Crippen molar-refractivity contribution in [2.24, 2.45) is 0 Å². The average Bonchev–Trinajstić information content (AvgIpc) is 2.53. The van der Waals surface area contributed by atoms with Crippen molar-refractivity contribution in [3.63, 3.8) is 0 Å². The Bertz CT molecular complexity index is 544. The van der Waals surface area contributed by atoms with Crippen LogP contribution >= 0.6 is 0 Å². The van der Waals surface area contributed by atoms with Gasteiger partial charge in [-0.3, -0.25) is 0 Å². The second-order valence-corrected chi connectivity index (χ2v) is 5.11. The van der Waals surface area contributed by atoms with Crippen molar-refractivity contribution in [1.29, 1.82) is 0 Å². The number of aryl methyl sites for hydroxylation is 3. The van der Waals surface area contributed by atoms with Gasteiger partial charge in [0.05, 0.1) is 0 Å². The highest BCUT2D eigenvalue weighted by Crippen LogP contribution is 2.22. The summed E-state index contributed by atoms with van der Waals surface area (Å²) in [7, 11) is 1.99. The minimum Gasteiger partial charge on any atom is -0.318 e. The van der Waals surface area contributed by atoms with E-state index in [4.69, 9.17) is 0 Å². The van der Waals surface area contributed by atoms with Crippen molar-refractivity contribution in [1.82, 2.24) is 9.88 Å². The molecule has 2 aromatic rings. The predicted octanol–water partition coefficient (Wildman–Crippen LogP) is 3.43. The number of nitrogens with one attached hydrogen (secondary N) is 1. The third-order valence-electron chi connectivity index (χ3n) is 3.37. The molecular weight excluding hydrogens is 220 g/mol. The number of nitrogens with zero attached hydrogens (tertiary/aromatic N) is 1. The third kappa shape index (κ3) is 2.34. The number of aromatic nitrogens is 1. The Labute approximate surface area is 110 Å². The molecule has 0 saturated heterocycles. The molecular formula is C16H22N2. The van der Waals surface area contributed by atoms with Crippen LogP contribution in [0.5, 0.6) is 0 Å². The fourth-order valence-electron chi connectivity index (χ4n) is 2.68. The van der Waals surface area contributed by atoms with Crippen LogP contribution < -0.4 is 5.32 Å². The van der Waals surface area contributed by atoms with Crippen LogP contribution in [0.1, 0.15) is 28.1 Å². The monoisotopic (exact) mass is 242 g/mol. The summed E-state index contributed by atoms with van der Waals surface area (Å²) in [6, 6.07) is 8.97. The first kappa shape index (κ1) is 12.9. The van der Waals surface area contributed by atoms with Gasteiger partial charge in [0.1, 0.15) is 0 Å². The Kier molecular flexibility index (Phi) is 3.58. The van der Waals surface area contributed by atoms with Gasteiger partial charge in [0.2, 0.25) is 0 Å². The number of rotatable bonds is 3. The van der Waals surface area contributed by atoms with Gasteiger partial charge >= 0.3 is 0 Å². The van der Waals surface area contributed by atoms with Gasteiger partial charge in [-0.25, -0.2) is 0 Å². The summed E-state index contributed by atoms with van der Waals surface area (Å²) < 4.78 is 2.34. The molecule has 0 atom stereocenters. The van der Waals surface area contributed by atoms with Crippen molar-refractivity contribution >= 4 is 0 Å². The van der Waals surface area contributed by atoms with Crippen LogP contribution in [-0.4, -0.2) is 11.6 Å². The van der Waals surface area contributed by atoms with Crippen LogP contribution in [0.15, 0.2) is 24.3 Å². The van der Waals surface area contributed by atoms with E-state index in [1.807, 2.05) is 7.05 Å². The summed E-state index contributed by atoms with van der Waals surface area (Å²) in [5, 5.41) is 3.23. The van der Waals surface area contributed by atoms with Crippen LogP contribution in [-0.2, 0) is 6.54 Å². The van der Waals surface area contributed by atoms with E-state index in [0.29, 0.717) is 0 Å². The second kappa shape index (κ2) is 4.99. The van der Waals surface area contributed by atoms with Gasteiger partial charge in [-0.05, 0) is 69.6 Å². The fourth-order valence-corrected chi connectivity index (χ4v) is 2.68. The molecule has 0 aliphatic heterocycles. The van der Waals surface area contributed by atoms with Crippen molar-refractivity contribution in [2.75, 3.05) is 7.05 Å². The number of hydrogen-bond acceptors (Lipinski definition) is 1. The summed E-state index contributed by atoms with van der Waals surface area (Å²) in [6.45, 7) is 9.59. The van der Waals surface area contributed by atoms with E-state index in [1.165, 1.54) is 33.8 Å². The van der Waals surface area contributed by atoms with Crippen LogP contribution in [0.3, 0.4) is 0 Å². The lowest BCUT2D eigenvalue weighted by Crippen LogP contribution is -2.06. The zero-order valence-electron chi connectivity index (χ0n) is 12.0. The van der Waals surface area contributed by atoms with Crippen LogP contribution in [0.4, 0.5) is 0 Å². The van der Waals surface area contributed by atoms with Crippen molar-refractivity contribution in [3.05, 3.63) is 52.3 Å². The summed E-state index contributed by atoms with van der Waals surface area (Å²) in [5.41, 5.74) is 7.88. The molecule has 0 saturated carbocycles. The van der Waals surface area contributed by atoms with E-state index in [1.54, 1.807) is 0 Å². The standard InChI is InChI=1S/C16H22N2/c1-11-6-12(2)8-16(7-11)18-13(3)9-15(10-17-5)14(18)4/h6-9,17H,10H2,1-5H3. The van der Waals surface area contributed by atoms with Gasteiger partial charge in [0, 0.05) is 23.6 Å². The third-order valence-corrected chi connectivity index (χ3v) is 3.37. The van der Waals surface area contributed by atoms with E-state index in [0.717, 1.165) is 6.54 Å². The summed E-state index contributed by atoms with van der Waals surface area (Å²) in [4.78, 5) is 0. The quantitative estimate of drug-likeness (QED) is 0.872. The Morgan fingerprint density at radius 3 is 2.11 bits per heavy atom. The Morgan fingerprint density at radius 2 is 1.56 bits per heavy atom. The Hall–Kier alpha value is -1.54. The highest BCUT2D eigenvalue weighted by atomic mass is 15.0. The molecule has 1 aromatic carbocycles. The average molecular weight is 242 g/mol. The smallest absolute Gasteiger partial charge is 0.0460 e. The molecule has 1 heterocycles. The van der Waals surface area contributed by atoms with Crippen molar-refractivity contribution < 1.29 is 0 Å². The van der Waals surface area contributed by atoms with Gasteiger partial charge in [0.25, 0.3) is 0 Å². The van der Waals surface area contributed by atoms with Crippen molar-refractivity contribution in [2.45, 2.75) is 34.2 Å². The molecule has 96 valence electrons. The molecule has 0 aliphatic rings. The molecule has 0 fully saturated rings. The minimum atomic E-state index is 0.921. The Morgan fingerprint density at radius 1 is 0.944 bits per heavy atom. The molecule has 0 spiro atoms. The van der Waals surface area contributed by atoms with Gasteiger partial charge < -0.3 is 9.88 Å². The zero-order chi connectivity index (χ0) is 13.3. The molecule has 0 unspecified atom stereocenters. The van der Waals surface area contributed by atoms with Gasteiger partial charge in [0.15, 0.2) is 0 Å². The molecule has 18 heavy (non-hydrogen) atoms. The van der Waals surface area contributed by atoms with Crippen molar-refractivity contribution in [3.8, 4) is 5.69 Å². The van der Waals surface area contributed by atoms with Gasteiger partial charge in [-0.2, -0.15) is 0 Å². The lowest BCUT2D eigenvalue weighted by Gasteiger charge is -2.12. The first-order valence-electron chi connectivity index (χ1n) is 6.44. The van der Waals surface area contributed by atoms with E-state index in [-0.39, 0.29) is 0 Å². The van der Waals surface area contributed by atoms with Crippen LogP contribution in [0.25, 0.3) is 5.69 Å². The van der Waals surface area contributed by atoms with Gasteiger partial charge in [-0.15, -0.1) is 0 Å². The normalized spacial score (nSPS) is 10.9.